The van der Waals surface area contributed by atoms with Gasteiger partial charge in [0.1, 0.15) is 11.9 Å². The zero-order valence-corrected chi connectivity index (χ0v) is 13.2. The molecular weight excluding hydrogens is 302 g/mol. The Hall–Kier alpha value is -0.540. The van der Waals surface area contributed by atoms with Crippen molar-refractivity contribution in [3.63, 3.8) is 0 Å². The van der Waals surface area contributed by atoms with Crippen LogP contribution in [0.2, 0.25) is 0 Å². The fourth-order valence-corrected chi connectivity index (χ4v) is 3.45. The van der Waals surface area contributed by atoms with Crippen LogP contribution in [0, 0.1) is 11.8 Å². The van der Waals surface area contributed by atoms with Gasteiger partial charge in [-0.25, -0.2) is 0 Å². The molecule has 1 aromatic rings. The van der Waals surface area contributed by atoms with Gasteiger partial charge < -0.3 is 10.5 Å². The molecular formula is C16H24BrNO. The van der Waals surface area contributed by atoms with Gasteiger partial charge in [0, 0.05) is 10.4 Å². The molecule has 0 saturated heterocycles. The topological polar surface area (TPSA) is 35.2 Å². The molecule has 0 radical (unpaired) electrons. The van der Waals surface area contributed by atoms with Crippen molar-refractivity contribution in [1.29, 1.82) is 0 Å². The first-order valence-corrected chi connectivity index (χ1v) is 8.14. The lowest BCUT2D eigenvalue weighted by atomic mass is 9.78. The Kier molecular flexibility index (Phi) is 5.71. The largest absolute Gasteiger partial charge is 0.490 e. The Morgan fingerprint density at radius 2 is 2.21 bits per heavy atom. The maximum atomic E-state index is 6.21. The molecule has 0 aliphatic heterocycles. The van der Waals surface area contributed by atoms with Crippen LogP contribution in [-0.2, 0) is 0 Å². The van der Waals surface area contributed by atoms with Gasteiger partial charge in [-0.1, -0.05) is 41.8 Å². The van der Waals surface area contributed by atoms with Gasteiger partial charge in [-0.05, 0) is 49.9 Å². The van der Waals surface area contributed by atoms with Crippen molar-refractivity contribution in [2.75, 3.05) is 6.54 Å². The van der Waals surface area contributed by atoms with Crippen LogP contribution in [0.4, 0.5) is 0 Å². The van der Waals surface area contributed by atoms with Gasteiger partial charge in [-0.2, -0.15) is 0 Å². The van der Waals surface area contributed by atoms with Crippen LogP contribution in [0.25, 0.3) is 0 Å². The normalized spacial score (nSPS) is 27.2. The van der Waals surface area contributed by atoms with E-state index in [1.807, 2.05) is 24.3 Å². The van der Waals surface area contributed by atoms with Crippen molar-refractivity contribution >= 4 is 15.9 Å². The number of nitrogens with two attached hydrogens (primary N) is 1. The number of hydrogen-bond donors (Lipinski definition) is 1. The molecule has 106 valence electrons. The van der Waals surface area contributed by atoms with E-state index in [-0.39, 0.29) is 6.10 Å². The number of halogens is 1. The molecule has 0 heterocycles. The van der Waals surface area contributed by atoms with Gasteiger partial charge in [0.05, 0.1) is 0 Å². The SMILES string of the molecule is CCCC1CCC(CN)C(Oc2cccc(Br)c2)C1. The monoisotopic (exact) mass is 325 g/mol. The smallest absolute Gasteiger partial charge is 0.120 e. The molecule has 0 amide bonds. The van der Waals surface area contributed by atoms with E-state index in [2.05, 4.69) is 22.9 Å². The molecule has 3 heteroatoms. The second kappa shape index (κ2) is 7.30. The molecule has 0 aromatic heterocycles. The fraction of sp³-hybridized carbons (Fsp3) is 0.625. The summed E-state index contributed by atoms with van der Waals surface area (Å²) >= 11 is 3.49. The first-order valence-electron chi connectivity index (χ1n) is 7.35. The summed E-state index contributed by atoms with van der Waals surface area (Å²) in [5.74, 6) is 2.27. The third kappa shape index (κ3) is 4.22. The molecule has 1 aromatic carbocycles. The Labute approximate surface area is 124 Å². The highest BCUT2D eigenvalue weighted by Gasteiger charge is 2.30. The molecule has 1 aliphatic carbocycles. The average molecular weight is 326 g/mol. The average Bonchev–Trinajstić information content (AvgIpc) is 2.39. The zero-order valence-electron chi connectivity index (χ0n) is 11.6. The highest BCUT2D eigenvalue weighted by Crippen LogP contribution is 2.34. The summed E-state index contributed by atoms with van der Waals surface area (Å²) in [7, 11) is 0. The molecule has 19 heavy (non-hydrogen) atoms. The molecule has 1 fully saturated rings. The number of rotatable bonds is 5. The number of ether oxygens (including phenoxy) is 1. The molecule has 3 unspecified atom stereocenters. The molecule has 1 saturated carbocycles. The van der Waals surface area contributed by atoms with E-state index in [1.165, 1.54) is 25.7 Å². The number of hydrogen-bond acceptors (Lipinski definition) is 2. The Balaban J connectivity index is 2.01. The first kappa shape index (κ1) is 14.9. The minimum Gasteiger partial charge on any atom is -0.490 e. The highest BCUT2D eigenvalue weighted by atomic mass is 79.9. The van der Waals surface area contributed by atoms with E-state index in [9.17, 15) is 0 Å². The van der Waals surface area contributed by atoms with Gasteiger partial charge in [0.15, 0.2) is 0 Å². The van der Waals surface area contributed by atoms with Crippen molar-refractivity contribution in [2.24, 2.45) is 17.6 Å². The Bertz CT molecular complexity index is 396. The molecule has 3 atom stereocenters. The predicted octanol–water partition coefficient (Wildman–Crippen LogP) is 4.37. The van der Waals surface area contributed by atoms with Crippen molar-refractivity contribution in [3.8, 4) is 5.75 Å². The Morgan fingerprint density at radius 1 is 1.37 bits per heavy atom. The molecule has 0 bridgehead atoms. The van der Waals surface area contributed by atoms with Gasteiger partial charge >= 0.3 is 0 Å². The van der Waals surface area contributed by atoms with Crippen molar-refractivity contribution in [3.05, 3.63) is 28.7 Å². The third-order valence-corrected chi connectivity index (χ3v) is 4.61. The summed E-state index contributed by atoms with van der Waals surface area (Å²) in [4.78, 5) is 0. The van der Waals surface area contributed by atoms with Crippen LogP contribution in [0.1, 0.15) is 39.0 Å². The van der Waals surface area contributed by atoms with Crippen molar-refractivity contribution < 1.29 is 4.74 Å². The van der Waals surface area contributed by atoms with Gasteiger partial charge in [0.25, 0.3) is 0 Å². The standard InChI is InChI=1S/C16H24BrNO/c1-2-4-12-7-8-13(11-18)16(9-12)19-15-6-3-5-14(17)10-15/h3,5-6,10,12-13,16H,2,4,7-9,11,18H2,1H3. The second-order valence-corrected chi connectivity index (χ2v) is 6.49. The third-order valence-electron chi connectivity index (χ3n) is 4.12. The maximum Gasteiger partial charge on any atom is 0.120 e. The summed E-state index contributed by atoms with van der Waals surface area (Å²) in [5.41, 5.74) is 5.91. The summed E-state index contributed by atoms with van der Waals surface area (Å²) in [5, 5.41) is 0. The molecule has 1 aliphatic rings. The lowest BCUT2D eigenvalue weighted by molar-refractivity contribution is 0.0668. The minimum atomic E-state index is 0.282. The predicted molar refractivity (Wildman–Crippen MR) is 83.4 cm³/mol. The van der Waals surface area contributed by atoms with Crippen LogP contribution in [0.5, 0.6) is 5.75 Å². The second-order valence-electron chi connectivity index (χ2n) is 5.58. The summed E-state index contributed by atoms with van der Waals surface area (Å²) in [6.45, 7) is 3.00. The summed E-state index contributed by atoms with van der Waals surface area (Å²) in [6.07, 6.45) is 6.54. The molecule has 0 spiro atoms. The van der Waals surface area contributed by atoms with E-state index in [0.717, 1.165) is 29.1 Å². The van der Waals surface area contributed by atoms with Crippen molar-refractivity contribution in [2.45, 2.75) is 45.1 Å². The first-order chi connectivity index (χ1) is 9.22. The quantitative estimate of drug-likeness (QED) is 0.872. The Morgan fingerprint density at radius 3 is 2.89 bits per heavy atom. The van der Waals surface area contributed by atoms with E-state index < -0.39 is 0 Å². The molecule has 2 N–H and O–H groups in total. The van der Waals surface area contributed by atoms with Crippen LogP contribution in [0.15, 0.2) is 28.7 Å². The maximum absolute atomic E-state index is 6.21. The van der Waals surface area contributed by atoms with Gasteiger partial charge in [0.2, 0.25) is 0 Å². The summed E-state index contributed by atoms with van der Waals surface area (Å²) in [6, 6.07) is 8.11. The fourth-order valence-electron chi connectivity index (χ4n) is 3.07. The van der Waals surface area contributed by atoms with Crippen LogP contribution >= 0.6 is 15.9 Å². The lowest BCUT2D eigenvalue weighted by Crippen LogP contribution is -2.38. The molecule has 2 nitrogen and oxygen atoms in total. The van der Waals surface area contributed by atoms with E-state index in [0.29, 0.717) is 5.92 Å². The lowest BCUT2D eigenvalue weighted by Gasteiger charge is -2.35. The van der Waals surface area contributed by atoms with E-state index >= 15 is 0 Å². The van der Waals surface area contributed by atoms with Crippen LogP contribution in [0.3, 0.4) is 0 Å². The number of benzene rings is 1. The van der Waals surface area contributed by atoms with Crippen LogP contribution < -0.4 is 10.5 Å². The zero-order chi connectivity index (χ0) is 13.7. The minimum absolute atomic E-state index is 0.282. The van der Waals surface area contributed by atoms with Gasteiger partial charge in [-0.3, -0.25) is 0 Å². The molecule has 2 rings (SSSR count). The van der Waals surface area contributed by atoms with E-state index in [1.54, 1.807) is 0 Å². The van der Waals surface area contributed by atoms with Gasteiger partial charge in [-0.15, -0.1) is 0 Å². The highest BCUT2D eigenvalue weighted by molar-refractivity contribution is 9.10. The van der Waals surface area contributed by atoms with E-state index in [4.69, 9.17) is 10.5 Å². The summed E-state index contributed by atoms with van der Waals surface area (Å²) < 4.78 is 7.27. The van der Waals surface area contributed by atoms with Crippen molar-refractivity contribution in [1.82, 2.24) is 0 Å². The van der Waals surface area contributed by atoms with Crippen LogP contribution in [-0.4, -0.2) is 12.6 Å².